The highest BCUT2D eigenvalue weighted by atomic mass is 32.1. The molecule has 3 heterocycles. The Hall–Kier alpha value is -3.26. The van der Waals surface area contributed by atoms with E-state index in [4.69, 9.17) is 0 Å². The second-order valence-electron chi connectivity index (χ2n) is 5.70. The Morgan fingerprint density at radius 2 is 2.08 bits per heavy atom. The molecule has 3 aromatic heterocycles. The topological polar surface area (TPSA) is 77.6 Å². The molecule has 26 heavy (non-hydrogen) atoms. The Balaban J connectivity index is 1.42. The van der Waals surface area contributed by atoms with Gasteiger partial charge in [0.1, 0.15) is 24.0 Å². The minimum absolute atomic E-state index is 0.150. The number of carbonyl (C=O) groups is 1. The zero-order valence-electron chi connectivity index (χ0n) is 14.0. The number of hydrogen-bond acceptors (Lipinski definition) is 5. The first-order valence-corrected chi connectivity index (χ1v) is 8.89. The Morgan fingerprint density at radius 1 is 1.23 bits per heavy atom. The summed E-state index contributed by atoms with van der Waals surface area (Å²) in [5.74, 6) is -0.150. The number of nitrogens with one attached hydrogen (secondary N) is 1. The highest BCUT2D eigenvalue weighted by molar-refractivity contribution is 7.13. The van der Waals surface area contributed by atoms with Crippen molar-refractivity contribution >= 4 is 17.2 Å². The molecule has 0 fully saturated rings. The molecule has 0 aliphatic heterocycles. The molecule has 0 aliphatic rings. The van der Waals surface area contributed by atoms with Crippen molar-refractivity contribution in [2.75, 3.05) is 0 Å². The number of aryl methyl sites for hydroxylation is 1. The van der Waals surface area contributed by atoms with Gasteiger partial charge in [-0.25, -0.2) is 9.67 Å². The quantitative estimate of drug-likeness (QED) is 0.591. The fraction of sp³-hybridized carbons (Fsp3) is 0.111. The van der Waals surface area contributed by atoms with Gasteiger partial charge in [-0.3, -0.25) is 9.48 Å². The number of thiophene rings is 1. The van der Waals surface area contributed by atoms with Crippen LogP contribution in [0.15, 0.2) is 60.5 Å². The predicted octanol–water partition coefficient (Wildman–Crippen LogP) is 2.66. The van der Waals surface area contributed by atoms with Crippen LogP contribution in [0.4, 0.5) is 0 Å². The maximum atomic E-state index is 12.5. The molecule has 130 valence electrons. The van der Waals surface area contributed by atoms with Crippen molar-refractivity contribution in [2.24, 2.45) is 7.05 Å². The molecule has 0 saturated heterocycles. The molecule has 0 atom stereocenters. The SMILES string of the molecule is Cn1nc(-c2cccs2)cc1C(=O)NCc1ccc(-n2cncn2)cc1. The minimum atomic E-state index is -0.150. The summed E-state index contributed by atoms with van der Waals surface area (Å²) in [6.45, 7) is 0.440. The maximum absolute atomic E-state index is 12.5. The highest BCUT2D eigenvalue weighted by Gasteiger charge is 2.14. The molecule has 0 radical (unpaired) electrons. The lowest BCUT2D eigenvalue weighted by Gasteiger charge is -2.06. The lowest BCUT2D eigenvalue weighted by molar-refractivity contribution is 0.0941. The lowest BCUT2D eigenvalue weighted by Crippen LogP contribution is -2.25. The van der Waals surface area contributed by atoms with Gasteiger partial charge < -0.3 is 5.32 Å². The van der Waals surface area contributed by atoms with Gasteiger partial charge in [-0.1, -0.05) is 18.2 Å². The van der Waals surface area contributed by atoms with Gasteiger partial charge in [-0.05, 0) is 35.2 Å². The van der Waals surface area contributed by atoms with E-state index in [9.17, 15) is 4.79 Å². The highest BCUT2D eigenvalue weighted by Crippen LogP contribution is 2.23. The number of aromatic nitrogens is 5. The van der Waals surface area contributed by atoms with Crippen LogP contribution in [0, 0.1) is 0 Å². The summed E-state index contributed by atoms with van der Waals surface area (Å²) in [6.07, 6.45) is 3.14. The van der Waals surface area contributed by atoms with Crippen molar-refractivity contribution in [1.82, 2.24) is 29.9 Å². The van der Waals surface area contributed by atoms with Crippen LogP contribution < -0.4 is 5.32 Å². The standard InChI is InChI=1S/C18H16N6OS/c1-23-16(9-15(22-23)17-3-2-8-26-17)18(25)20-10-13-4-6-14(7-5-13)24-12-19-11-21-24/h2-9,11-12H,10H2,1H3,(H,20,25). The zero-order chi connectivity index (χ0) is 17.9. The van der Waals surface area contributed by atoms with Gasteiger partial charge in [0.05, 0.1) is 10.6 Å². The van der Waals surface area contributed by atoms with E-state index in [1.54, 1.807) is 34.1 Å². The Morgan fingerprint density at radius 3 is 2.77 bits per heavy atom. The second kappa shape index (κ2) is 6.93. The summed E-state index contributed by atoms with van der Waals surface area (Å²) in [5, 5.41) is 13.4. The monoisotopic (exact) mass is 364 g/mol. The van der Waals surface area contributed by atoms with E-state index >= 15 is 0 Å². The van der Waals surface area contributed by atoms with Crippen LogP contribution in [-0.4, -0.2) is 30.5 Å². The smallest absolute Gasteiger partial charge is 0.269 e. The van der Waals surface area contributed by atoms with Crippen molar-refractivity contribution in [3.8, 4) is 16.3 Å². The number of nitrogens with zero attached hydrogens (tertiary/aromatic N) is 5. The van der Waals surface area contributed by atoms with Crippen LogP contribution >= 0.6 is 11.3 Å². The molecule has 7 nitrogen and oxygen atoms in total. The van der Waals surface area contributed by atoms with Crippen LogP contribution in [0.3, 0.4) is 0 Å². The van der Waals surface area contributed by atoms with E-state index in [1.807, 2.05) is 47.8 Å². The fourth-order valence-corrected chi connectivity index (χ4v) is 3.29. The van der Waals surface area contributed by atoms with Gasteiger partial charge in [0.2, 0.25) is 0 Å². The average molecular weight is 364 g/mol. The number of hydrogen-bond donors (Lipinski definition) is 1. The third kappa shape index (κ3) is 3.27. The van der Waals surface area contributed by atoms with Crippen LogP contribution in [0.2, 0.25) is 0 Å². The van der Waals surface area contributed by atoms with Crippen LogP contribution in [0.5, 0.6) is 0 Å². The van der Waals surface area contributed by atoms with Crippen molar-refractivity contribution in [3.63, 3.8) is 0 Å². The molecule has 0 aliphatic carbocycles. The fourth-order valence-electron chi connectivity index (χ4n) is 2.61. The molecule has 0 spiro atoms. The van der Waals surface area contributed by atoms with E-state index in [2.05, 4.69) is 20.5 Å². The molecule has 0 unspecified atom stereocenters. The third-order valence-electron chi connectivity index (χ3n) is 3.96. The van der Waals surface area contributed by atoms with E-state index in [0.29, 0.717) is 12.2 Å². The van der Waals surface area contributed by atoms with E-state index in [0.717, 1.165) is 21.8 Å². The van der Waals surface area contributed by atoms with E-state index < -0.39 is 0 Å². The first-order valence-electron chi connectivity index (χ1n) is 8.01. The molecular weight excluding hydrogens is 348 g/mol. The van der Waals surface area contributed by atoms with Gasteiger partial charge in [0, 0.05) is 13.6 Å². The third-order valence-corrected chi connectivity index (χ3v) is 4.85. The van der Waals surface area contributed by atoms with Gasteiger partial charge in [-0.2, -0.15) is 10.2 Å². The maximum Gasteiger partial charge on any atom is 0.269 e. The molecular formula is C18H16N6OS. The summed E-state index contributed by atoms with van der Waals surface area (Å²) in [5.41, 5.74) is 3.27. The lowest BCUT2D eigenvalue weighted by atomic mass is 10.2. The molecule has 1 amide bonds. The van der Waals surface area contributed by atoms with Gasteiger partial charge in [0.15, 0.2) is 0 Å². The summed E-state index contributed by atoms with van der Waals surface area (Å²) in [7, 11) is 1.78. The Labute approximate surface area is 153 Å². The zero-order valence-corrected chi connectivity index (χ0v) is 14.8. The summed E-state index contributed by atoms with van der Waals surface area (Å²) in [6, 6.07) is 13.6. The normalized spacial score (nSPS) is 10.8. The first-order chi connectivity index (χ1) is 12.7. The second-order valence-corrected chi connectivity index (χ2v) is 6.65. The van der Waals surface area contributed by atoms with Crippen molar-refractivity contribution in [1.29, 1.82) is 0 Å². The van der Waals surface area contributed by atoms with Crippen molar-refractivity contribution in [2.45, 2.75) is 6.54 Å². The first kappa shape index (κ1) is 16.2. The summed E-state index contributed by atoms with van der Waals surface area (Å²) in [4.78, 5) is 17.5. The Bertz CT molecular complexity index is 1000. The minimum Gasteiger partial charge on any atom is -0.347 e. The Kier molecular flexibility index (Phi) is 4.32. The van der Waals surface area contributed by atoms with E-state index in [1.165, 1.54) is 6.33 Å². The van der Waals surface area contributed by atoms with Gasteiger partial charge >= 0.3 is 0 Å². The molecule has 8 heteroatoms. The van der Waals surface area contributed by atoms with Crippen LogP contribution in [-0.2, 0) is 13.6 Å². The van der Waals surface area contributed by atoms with E-state index in [-0.39, 0.29) is 5.91 Å². The molecule has 4 aromatic rings. The van der Waals surface area contributed by atoms with Crippen LogP contribution in [0.25, 0.3) is 16.3 Å². The molecule has 4 rings (SSSR count). The predicted molar refractivity (Wildman–Crippen MR) is 99.1 cm³/mol. The average Bonchev–Trinajstić information content (AvgIpc) is 3.41. The van der Waals surface area contributed by atoms with Crippen molar-refractivity contribution < 1.29 is 4.79 Å². The van der Waals surface area contributed by atoms with Gasteiger partial charge in [0.25, 0.3) is 5.91 Å². The number of benzene rings is 1. The molecule has 0 saturated carbocycles. The molecule has 0 bridgehead atoms. The number of carbonyl (C=O) groups excluding carboxylic acids is 1. The largest absolute Gasteiger partial charge is 0.347 e. The van der Waals surface area contributed by atoms with Crippen LogP contribution in [0.1, 0.15) is 16.1 Å². The number of rotatable bonds is 5. The summed E-state index contributed by atoms with van der Waals surface area (Å²) >= 11 is 1.60. The van der Waals surface area contributed by atoms with Gasteiger partial charge in [-0.15, -0.1) is 11.3 Å². The summed E-state index contributed by atoms with van der Waals surface area (Å²) < 4.78 is 3.29. The molecule has 1 aromatic carbocycles. The number of amides is 1. The molecule has 1 N–H and O–H groups in total. The van der Waals surface area contributed by atoms with Crippen molar-refractivity contribution in [3.05, 3.63) is 71.8 Å².